The molecule has 0 saturated carbocycles. The number of rotatable bonds is 6. The van der Waals surface area contributed by atoms with Crippen molar-refractivity contribution in [2.24, 2.45) is 0 Å². The third-order valence-electron chi connectivity index (χ3n) is 4.80. The molecule has 1 aliphatic heterocycles. The molecule has 0 aliphatic carbocycles. The molecule has 1 aromatic carbocycles. The Bertz CT molecular complexity index is 752. The number of carbonyl (C=O) groups excluding carboxylic acids is 2. The van der Waals surface area contributed by atoms with Gasteiger partial charge in [-0.15, -0.1) is 11.3 Å². The van der Waals surface area contributed by atoms with Gasteiger partial charge in [0, 0.05) is 31.6 Å². The molecule has 1 fully saturated rings. The highest BCUT2D eigenvalue weighted by molar-refractivity contribution is 7.12. The fourth-order valence-corrected chi connectivity index (χ4v) is 4.10. The first-order chi connectivity index (χ1) is 12.6. The lowest BCUT2D eigenvalue weighted by atomic mass is 10.0. The molecular formula is C21H26N2O2S. The monoisotopic (exact) mass is 370 g/mol. The van der Waals surface area contributed by atoms with Gasteiger partial charge in [0.25, 0.3) is 5.91 Å². The second-order valence-corrected chi connectivity index (χ2v) is 7.75. The Kier molecular flexibility index (Phi) is 6.45. The van der Waals surface area contributed by atoms with E-state index in [-0.39, 0.29) is 11.8 Å². The highest BCUT2D eigenvalue weighted by Crippen LogP contribution is 2.28. The second kappa shape index (κ2) is 8.99. The van der Waals surface area contributed by atoms with E-state index in [1.165, 1.54) is 16.9 Å². The first-order valence-corrected chi connectivity index (χ1v) is 10.2. The molecule has 4 nitrogen and oxygen atoms in total. The number of aryl methyl sites for hydroxylation is 1. The average molecular weight is 371 g/mol. The van der Waals surface area contributed by atoms with E-state index in [2.05, 4.69) is 36.5 Å². The summed E-state index contributed by atoms with van der Waals surface area (Å²) in [5, 5.41) is 4.97. The van der Waals surface area contributed by atoms with Crippen molar-refractivity contribution in [1.29, 1.82) is 0 Å². The van der Waals surface area contributed by atoms with Gasteiger partial charge in [-0.1, -0.05) is 36.2 Å². The summed E-state index contributed by atoms with van der Waals surface area (Å²) >= 11 is 1.47. The predicted octanol–water partition coefficient (Wildman–Crippen LogP) is 4.25. The molecule has 1 aliphatic rings. The zero-order valence-electron chi connectivity index (χ0n) is 15.3. The maximum absolute atomic E-state index is 12.6. The van der Waals surface area contributed by atoms with Crippen LogP contribution in [0.3, 0.4) is 0 Å². The Balaban J connectivity index is 1.52. The highest BCUT2D eigenvalue weighted by Gasteiger charge is 2.17. The lowest BCUT2D eigenvalue weighted by molar-refractivity contribution is -0.130. The van der Waals surface area contributed by atoms with Gasteiger partial charge < -0.3 is 10.2 Å². The second-order valence-electron chi connectivity index (χ2n) is 6.83. The summed E-state index contributed by atoms with van der Waals surface area (Å²) in [7, 11) is 0. The number of carbonyl (C=O) groups is 2. The van der Waals surface area contributed by atoms with Crippen LogP contribution in [0, 0.1) is 6.92 Å². The summed E-state index contributed by atoms with van der Waals surface area (Å²) in [6, 6.07) is 10.2. The van der Waals surface area contributed by atoms with Crippen LogP contribution < -0.4 is 5.32 Å². The molecule has 3 rings (SSSR count). The van der Waals surface area contributed by atoms with Crippen molar-refractivity contribution in [3.05, 3.63) is 46.2 Å². The van der Waals surface area contributed by atoms with Crippen molar-refractivity contribution in [3.8, 4) is 11.1 Å². The first kappa shape index (κ1) is 18.6. The van der Waals surface area contributed by atoms with Crippen molar-refractivity contribution >= 4 is 23.2 Å². The summed E-state index contributed by atoms with van der Waals surface area (Å²) in [6.07, 6.45) is 4.70. The summed E-state index contributed by atoms with van der Waals surface area (Å²) in [5.41, 5.74) is 3.26. The summed E-state index contributed by atoms with van der Waals surface area (Å²) in [4.78, 5) is 27.2. The smallest absolute Gasteiger partial charge is 0.261 e. The number of likely N-dealkylation sites (tertiary alicyclic amines) is 1. The normalized spacial score (nSPS) is 15.0. The zero-order valence-corrected chi connectivity index (χ0v) is 16.1. The molecule has 0 radical (unpaired) electrons. The van der Waals surface area contributed by atoms with Gasteiger partial charge in [-0.25, -0.2) is 0 Å². The standard InChI is InChI=1S/C21H26N2O2S/c1-16-7-9-17(10-8-16)18-11-15-26-20(18)21(25)22-12-5-14-23-13-4-2-3-6-19(23)24/h7-11,15H,2-6,12-14H2,1H3,(H,22,25). The van der Waals surface area contributed by atoms with Crippen molar-refractivity contribution < 1.29 is 9.59 Å². The van der Waals surface area contributed by atoms with Crippen molar-refractivity contribution in [2.75, 3.05) is 19.6 Å². The van der Waals surface area contributed by atoms with E-state index in [0.717, 1.165) is 54.8 Å². The molecule has 138 valence electrons. The molecule has 5 heteroatoms. The van der Waals surface area contributed by atoms with Gasteiger partial charge in [0.2, 0.25) is 5.91 Å². The van der Waals surface area contributed by atoms with Gasteiger partial charge >= 0.3 is 0 Å². The van der Waals surface area contributed by atoms with Crippen LogP contribution in [0.4, 0.5) is 0 Å². The summed E-state index contributed by atoms with van der Waals surface area (Å²) in [5.74, 6) is 0.228. The van der Waals surface area contributed by atoms with Crippen molar-refractivity contribution in [2.45, 2.75) is 39.0 Å². The predicted molar refractivity (Wildman–Crippen MR) is 106 cm³/mol. The molecule has 26 heavy (non-hydrogen) atoms. The van der Waals surface area contributed by atoms with Gasteiger partial charge in [-0.3, -0.25) is 9.59 Å². The van der Waals surface area contributed by atoms with Crippen LogP contribution in [-0.2, 0) is 4.79 Å². The largest absolute Gasteiger partial charge is 0.351 e. The molecule has 2 aromatic rings. The van der Waals surface area contributed by atoms with Crippen LogP contribution in [0.25, 0.3) is 11.1 Å². The average Bonchev–Trinajstić information content (AvgIpc) is 3.04. The molecule has 0 bridgehead atoms. The molecule has 2 heterocycles. The van der Waals surface area contributed by atoms with Gasteiger partial charge in [0.05, 0.1) is 4.88 Å². The van der Waals surface area contributed by atoms with E-state index in [1.807, 2.05) is 16.3 Å². The van der Waals surface area contributed by atoms with Crippen LogP contribution in [0.5, 0.6) is 0 Å². The molecule has 0 spiro atoms. The lowest BCUT2D eigenvalue weighted by Crippen LogP contribution is -2.33. The number of nitrogens with one attached hydrogen (secondary N) is 1. The number of benzene rings is 1. The maximum atomic E-state index is 12.6. The van der Waals surface area contributed by atoms with E-state index in [0.29, 0.717) is 13.0 Å². The van der Waals surface area contributed by atoms with Crippen molar-refractivity contribution in [3.63, 3.8) is 0 Å². The van der Waals surface area contributed by atoms with Crippen LogP contribution in [0.1, 0.15) is 47.3 Å². The SMILES string of the molecule is Cc1ccc(-c2ccsc2C(=O)NCCCN2CCCCCC2=O)cc1. The Morgan fingerprint density at radius 2 is 1.96 bits per heavy atom. The third-order valence-corrected chi connectivity index (χ3v) is 5.71. The molecular weight excluding hydrogens is 344 g/mol. The van der Waals surface area contributed by atoms with E-state index >= 15 is 0 Å². The van der Waals surface area contributed by atoms with Gasteiger partial charge in [-0.2, -0.15) is 0 Å². The number of nitrogens with zero attached hydrogens (tertiary/aromatic N) is 1. The minimum Gasteiger partial charge on any atom is -0.351 e. The van der Waals surface area contributed by atoms with Crippen LogP contribution >= 0.6 is 11.3 Å². The topological polar surface area (TPSA) is 49.4 Å². The fraction of sp³-hybridized carbons (Fsp3) is 0.429. The van der Waals surface area contributed by atoms with Crippen LogP contribution in [0.15, 0.2) is 35.7 Å². The lowest BCUT2D eigenvalue weighted by Gasteiger charge is -2.20. The Hall–Kier alpha value is -2.14. The number of thiophene rings is 1. The van der Waals surface area contributed by atoms with E-state index < -0.39 is 0 Å². The highest BCUT2D eigenvalue weighted by atomic mass is 32.1. The van der Waals surface area contributed by atoms with Gasteiger partial charge in [-0.05, 0) is 43.2 Å². The summed E-state index contributed by atoms with van der Waals surface area (Å²) < 4.78 is 0. The Morgan fingerprint density at radius 1 is 1.15 bits per heavy atom. The third kappa shape index (κ3) is 4.73. The Labute approximate surface area is 159 Å². The number of hydrogen-bond donors (Lipinski definition) is 1. The van der Waals surface area contributed by atoms with E-state index in [4.69, 9.17) is 0 Å². The molecule has 1 N–H and O–H groups in total. The molecule has 2 amide bonds. The Morgan fingerprint density at radius 3 is 2.77 bits per heavy atom. The first-order valence-electron chi connectivity index (χ1n) is 9.35. The van der Waals surface area contributed by atoms with Gasteiger partial charge in [0.1, 0.15) is 0 Å². The van der Waals surface area contributed by atoms with E-state index in [1.54, 1.807) is 0 Å². The van der Waals surface area contributed by atoms with E-state index in [9.17, 15) is 9.59 Å². The molecule has 1 aromatic heterocycles. The fourth-order valence-electron chi connectivity index (χ4n) is 3.27. The van der Waals surface area contributed by atoms with Crippen LogP contribution in [-0.4, -0.2) is 36.3 Å². The van der Waals surface area contributed by atoms with Gasteiger partial charge in [0.15, 0.2) is 0 Å². The molecule has 1 saturated heterocycles. The number of amides is 2. The van der Waals surface area contributed by atoms with Crippen LogP contribution in [0.2, 0.25) is 0 Å². The summed E-state index contributed by atoms with van der Waals surface area (Å²) in [6.45, 7) is 4.23. The minimum atomic E-state index is -0.0298. The number of hydrogen-bond acceptors (Lipinski definition) is 3. The zero-order chi connectivity index (χ0) is 18.4. The minimum absolute atomic E-state index is 0.0298. The quantitative estimate of drug-likeness (QED) is 0.773. The molecule has 0 unspecified atom stereocenters. The maximum Gasteiger partial charge on any atom is 0.261 e. The van der Waals surface area contributed by atoms with Crippen molar-refractivity contribution in [1.82, 2.24) is 10.2 Å². The molecule has 0 atom stereocenters.